The predicted molar refractivity (Wildman–Crippen MR) is 100 cm³/mol. The van der Waals surface area contributed by atoms with Gasteiger partial charge in [0.15, 0.2) is 5.82 Å². The Balaban J connectivity index is 0. The molecule has 0 saturated carbocycles. The molecule has 0 unspecified atom stereocenters. The van der Waals surface area contributed by atoms with E-state index in [0.29, 0.717) is 17.7 Å². The molecule has 7 heteroatoms. The van der Waals surface area contributed by atoms with E-state index in [9.17, 15) is 9.59 Å². The molecule has 0 fully saturated rings. The Kier molecular flexibility index (Phi) is 12.1. The van der Waals surface area contributed by atoms with Gasteiger partial charge in [-0.05, 0) is 26.2 Å². The molecule has 144 valence electrons. The molecule has 0 aromatic carbocycles. The quantitative estimate of drug-likeness (QED) is 0.331. The Morgan fingerprint density at radius 1 is 1.12 bits per heavy atom. The topological polar surface area (TPSA) is 82.3 Å². The Morgan fingerprint density at radius 2 is 1.60 bits per heavy atom. The molecule has 0 aliphatic carbocycles. The zero-order chi connectivity index (χ0) is 20.3. The number of halogens is 1. The SMILES string of the molecule is CC(C)(C)C.CCc1noc(/C=C/C(=O)OC(=O)C(C)(C)C)n1.CCl. The van der Waals surface area contributed by atoms with Crippen molar-refractivity contribution >= 4 is 29.6 Å². The van der Waals surface area contributed by atoms with Crippen molar-refractivity contribution in [3.63, 3.8) is 0 Å². The number of ether oxygens (including phenoxy) is 1. The number of rotatable bonds is 3. The lowest BCUT2D eigenvalue weighted by Crippen LogP contribution is -2.25. The zero-order valence-corrected chi connectivity index (χ0v) is 17.5. The molecule has 0 atom stereocenters. The van der Waals surface area contributed by atoms with Gasteiger partial charge in [0.1, 0.15) is 0 Å². The average Bonchev–Trinajstić information content (AvgIpc) is 2.92. The Bertz CT molecular complexity index is 546. The van der Waals surface area contributed by atoms with Crippen molar-refractivity contribution in [1.82, 2.24) is 10.1 Å². The summed E-state index contributed by atoms with van der Waals surface area (Å²) in [6.07, 6.45) is 4.51. The van der Waals surface area contributed by atoms with Crippen molar-refractivity contribution in [3.8, 4) is 0 Å². The molecule has 0 radical (unpaired) electrons. The molecule has 6 nitrogen and oxygen atoms in total. The Morgan fingerprint density at radius 3 is 1.96 bits per heavy atom. The Hall–Kier alpha value is -1.69. The van der Waals surface area contributed by atoms with Crippen molar-refractivity contribution in [2.45, 2.75) is 61.8 Å². The molecule has 0 aliphatic rings. The van der Waals surface area contributed by atoms with Crippen molar-refractivity contribution in [1.29, 1.82) is 0 Å². The fourth-order valence-corrected chi connectivity index (χ4v) is 0.897. The molecule has 0 N–H and O–H groups in total. The van der Waals surface area contributed by atoms with Crippen molar-refractivity contribution in [3.05, 3.63) is 17.8 Å². The summed E-state index contributed by atoms with van der Waals surface area (Å²) < 4.78 is 9.45. The minimum atomic E-state index is -0.758. The van der Waals surface area contributed by atoms with Crippen LogP contribution in [0.3, 0.4) is 0 Å². The van der Waals surface area contributed by atoms with Gasteiger partial charge in [0.05, 0.1) is 5.41 Å². The second-order valence-corrected chi connectivity index (χ2v) is 7.69. The molecule has 1 aromatic rings. The van der Waals surface area contributed by atoms with E-state index in [1.165, 1.54) is 12.5 Å². The van der Waals surface area contributed by atoms with E-state index in [-0.39, 0.29) is 5.89 Å². The fourth-order valence-electron chi connectivity index (χ4n) is 0.897. The highest BCUT2D eigenvalue weighted by Gasteiger charge is 2.24. The molecule has 1 aromatic heterocycles. The maximum Gasteiger partial charge on any atom is 0.338 e. The van der Waals surface area contributed by atoms with Gasteiger partial charge in [0.2, 0.25) is 0 Å². The summed E-state index contributed by atoms with van der Waals surface area (Å²) >= 11 is 4.64. The second kappa shape index (κ2) is 11.8. The lowest BCUT2D eigenvalue weighted by atomic mass is 9.97. The summed E-state index contributed by atoms with van der Waals surface area (Å²) in [7, 11) is 0. The van der Waals surface area contributed by atoms with Gasteiger partial charge in [-0.15, -0.1) is 11.6 Å². The predicted octanol–water partition coefficient (Wildman–Crippen LogP) is 4.67. The maximum absolute atomic E-state index is 11.4. The molecule has 0 spiro atoms. The number of alkyl halides is 1. The van der Waals surface area contributed by atoms with Crippen LogP contribution in [-0.2, 0) is 20.7 Å². The molecule has 1 rings (SSSR count). The van der Waals surface area contributed by atoms with Gasteiger partial charge in [-0.25, -0.2) is 4.79 Å². The van der Waals surface area contributed by atoms with Crippen LogP contribution in [0.4, 0.5) is 0 Å². The van der Waals surface area contributed by atoms with Gasteiger partial charge < -0.3 is 9.26 Å². The van der Waals surface area contributed by atoms with Crippen LogP contribution >= 0.6 is 11.6 Å². The summed E-state index contributed by atoms with van der Waals surface area (Å²) in [5.41, 5.74) is -0.219. The van der Waals surface area contributed by atoms with E-state index in [1.54, 1.807) is 20.8 Å². The van der Waals surface area contributed by atoms with Gasteiger partial charge in [0.25, 0.3) is 5.89 Å². The third-order valence-electron chi connectivity index (χ3n) is 1.97. The van der Waals surface area contributed by atoms with Gasteiger partial charge >= 0.3 is 11.9 Å². The minimum Gasteiger partial charge on any atom is -0.389 e. The largest absolute Gasteiger partial charge is 0.389 e. The highest BCUT2D eigenvalue weighted by Crippen LogP contribution is 2.15. The number of aromatic nitrogens is 2. The number of carbonyl (C=O) groups is 2. The number of aryl methyl sites for hydroxylation is 1. The molecule has 0 saturated heterocycles. The molecular formula is C18H31ClN2O4. The van der Waals surface area contributed by atoms with Crippen molar-refractivity contribution in [2.75, 3.05) is 6.38 Å². The van der Waals surface area contributed by atoms with Gasteiger partial charge in [-0.1, -0.05) is 39.8 Å². The van der Waals surface area contributed by atoms with Crippen LogP contribution in [0.15, 0.2) is 10.6 Å². The molecule has 0 aliphatic heterocycles. The van der Waals surface area contributed by atoms with E-state index >= 15 is 0 Å². The summed E-state index contributed by atoms with van der Waals surface area (Å²) in [5, 5.41) is 3.66. The summed E-state index contributed by atoms with van der Waals surface area (Å²) in [5.74, 6) is -0.594. The highest BCUT2D eigenvalue weighted by atomic mass is 35.5. The fraction of sp³-hybridized carbons (Fsp3) is 0.667. The summed E-state index contributed by atoms with van der Waals surface area (Å²) in [4.78, 5) is 26.7. The van der Waals surface area contributed by atoms with Gasteiger partial charge in [0, 0.05) is 25.0 Å². The minimum absolute atomic E-state index is 0.201. The van der Waals surface area contributed by atoms with Gasteiger partial charge in [-0.3, -0.25) is 4.79 Å². The molecule has 1 heterocycles. The first-order chi connectivity index (χ1) is 11.3. The number of esters is 2. The number of nitrogens with zero attached hydrogens (tertiary/aromatic N) is 2. The lowest BCUT2D eigenvalue weighted by Gasteiger charge is -2.14. The van der Waals surface area contributed by atoms with Crippen molar-refractivity contribution in [2.24, 2.45) is 10.8 Å². The molecule has 25 heavy (non-hydrogen) atoms. The van der Waals surface area contributed by atoms with E-state index < -0.39 is 17.4 Å². The normalized spacial score (nSPS) is 11.1. The van der Waals surface area contributed by atoms with Crippen LogP contribution in [0.25, 0.3) is 6.08 Å². The first kappa shape index (κ1) is 25.5. The van der Waals surface area contributed by atoms with Crippen LogP contribution in [0.1, 0.15) is 67.1 Å². The third-order valence-corrected chi connectivity index (χ3v) is 1.97. The molecular weight excluding hydrogens is 344 g/mol. The second-order valence-electron chi connectivity index (χ2n) is 7.69. The summed E-state index contributed by atoms with van der Waals surface area (Å²) in [6.45, 7) is 15.6. The van der Waals surface area contributed by atoms with E-state index in [2.05, 4.69) is 54.2 Å². The van der Waals surface area contributed by atoms with Crippen LogP contribution in [0, 0.1) is 10.8 Å². The number of hydrogen-bond donors (Lipinski definition) is 0. The Labute approximate surface area is 156 Å². The average molecular weight is 375 g/mol. The van der Waals surface area contributed by atoms with E-state index in [0.717, 1.165) is 6.08 Å². The third kappa shape index (κ3) is 15.6. The smallest absolute Gasteiger partial charge is 0.338 e. The monoisotopic (exact) mass is 374 g/mol. The molecule has 0 bridgehead atoms. The first-order valence-corrected chi connectivity index (χ1v) is 8.73. The lowest BCUT2D eigenvalue weighted by molar-refractivity contribution is -0.162. The first-order valence-electron chi connectivity index (χ1n) is 7.97. The maximum atomic E-state index is 11.4. The van der Waals surface area contributed by atoms with E-state index in [1.807, 2.05) is 6.92 Å². The van der Waals surface area contributed by atoms with Gasteiger partial charge in [-0.2, -0.15) is 4.98 Å². The zero-order valence-electron chi connectivity index (χ0n) is 16.8. The number of hydrogen-bond acceptors (Lipinski definition) is 6. The number of carbonyl (C=O) groups excluding carboxylic acids is 2. The van der Waals surface area contributed by atoms with Crippen LogP contribution in [-0.4, -0.2) is 28.5 Å². The van der Waals surface area contributed by atoms with Crippen molar-refractivity contribution < 1.29 is 18.8 Å². The van der Waals surface area contributed by atoms with Crippen LogP contribution in [0.5, 0.6) is 0 Å². The summed E-state index contributed by atoms with van der Waals surface area (Å²) in [6, 6.07) is 0. The van der Waals surface area contributed by atoms with E-state index in [4.69, 9.17) is 4.52 Å². The van der Waals surface area contributed by atoms with Crippen LogP contribution < -0.4 is 0 Å². The highest BCUT2D eigenvalue weighted by molar-refractivity contribution is 6.15. The van der Waals surface area contributed by atoms with Crippen LogP contribution in [0.2, 0.25) is 0 Å². The standard InChI is InChI=1S/C12H16N2O4.C5H12.CH3Cl/c1-5-8-13-9(18-14-8)6-7-10(15)17-11(16)12(2,3)4;1-5(2,3)4;1-2/h6-7H,5H2,1-4H3;1-4H3;1H3/b7-6+;;. The molecule has 0 amide bonds.